The van der Waals surface area contributed by atoms with Gasteiger partial charge in [0.25, 0.3) is 0 Å². The molecule has 0 heterocycles. The van der Waals surface area contributed by atoms with Gasteiger partial charge in [-0.2, -0.15) is 0 Å². The van der Waals surface area contributed by atoms with E-state index in [0.717, 1.165) is 11.5 Å². The summed E-state index contributed by atoms with van der Waals surface area (Å²) in [6.07, 6.45) is 9.46. The molecule has 17 heavy (non-hydrogen) atoms. The lowest BCUT2D eigenvalue weighted by molar-refractivity contribution is 0.234. The average molecular weight is 232 g/mol. The van der Waals surface area contributed by atoms with Crippen LogP contribution in [0.25, 0.3) is 6.08 Å². The van der Waals surface area contributed by atoms with Gasteiger partial charge in [0.15, 0.2) is 0 Å². The second kappa shape index (κ2) is 5.03. The lowest BCUT2D eigenvalue weighted by atomic mass is 9.72. The number of halogens is 1. The molecule has 0 spiro atoms. The Morgan fingerprint density at radius 2 is 2.00 bits per heavy atom. The van der Waals surface area contributed by atoms with Crippen LogP contribution in [0.3, 0.4) is 0 Å². The zero-order valence-electron chi connectivity index (χ0n) is 10.7. The van der Waals surface area contributed by atoms with Crippen LogP contribution in [-0.2, 0) is 0 Å². The lowest BCUT2D eigenvalue weighted by Gasteiger charge is -2.33. The number of hydrogen-bond acceptors (Lipinski definition) is 0. The molecule has 0 unspecified atom stereocenters. The molecule has 0 atom stereocenters. The van der Waals surface area contributed by atoms with E-state index in [1.54, 1.807) is 12.1 Å². The van der Waals surface area contributed by atoms with Gasteiger partial charge in [-0.25, -0.2) is 4.39 Å². The van der Waals surface area contributed by atoms with E-state index >= 15 is 0 Å². The second-order valence-corrected chi connectivity index (χ2v) is 5.72. The van der Waals surface area contributed by atoms with Gasteiger partial charge in [-0.15, -0.1) is 0 Å². The van der Waals surface area contributed by atoms with Crippen molar-refractivity contribution in [1.82, 2.24) is 0 Å². The van der Waals surface area contributed by atoms with E-state index in [-0.39, 0.29) is 5.82 Å². The maximum atomic E-state index is 13.0. The minimum atomic E-state index is -0.158. The lowest BCUT2D eigenvalue weighted by Crippen LogP contribution is -2.20. The van der Waals surface area contributed by atoms with Crippen LogP contribution in [0.5, 0.6) is 0 Å². The summed E-state index contributed by atoms with van der Waals surface area (Å²) in [5.74, 6) is 0.709. The fourth-order valence-corrected chi connectivity index (χ4v) is 2.50. The quantitative estimate of drug-likeness (QED) is 0.669. The predicted octanol–water partition coefficient (Wildman–Crippen LogP) is 5.06. The molecule has 1 heteroatoms. The van der Waals surface area contributed by atoms with E-state index in [0.29, 0.717) is 5.41 Å². The van der Waals surface area contributed by atoms with Crippen molar-refractivity contribution >= 4 is 6.08 Å². The first-order valence-electron chi connectivity index (χ1n) is 6.52. The summed E-state index contributed by atoms with van der Waals surface area (Å²) in [7, 11) is 0. The zero-order valence-corrected chi connectivity index (χ0v) is 10.7. The Labute approximate surface area is 104 Å². The Balaban J connectivity index is 2.05. The van der Waals surface area contributed by atoms with Crippen molar-refractivity contribution in [3.05, 3.63) is 41.7 Å². The van der Waals surface area contributed by atoms with Gasteiger partial charge < -0.3 is 0 Å². The Kier molecular flexibility index (Phi) is 3.66. The maximum absolute atomic E-state index is 13.0. The molecule has 0 aromatic heterocycles. The highest BCUT2D eigenvalue weighted by Crippen LogP contribution is 2.39. The van der Waals surface area contributed by atoms with Crippen molar-refractivity contribution in [2.45, 2.75) is 39.5 Å². The molecule has 1 saturated carbocycles. The highest BCUT2D eigenvalue weighted by molar-refractivity contribution is 5.50. The van der Waals surface area contributed by atoms with Crippen LogP contribution in [-0.4, -0.2) is 0 Å². The monoisotopic (exact) mass is 232 g/mol. The largest absolute Gasteiger partial charge is 0.207 e. The van der Waals surface area contributed by atoms with Crippen molar-refractivity contribution in [2.75, 3.05) is 0 Å². The van der Waals surface area contributed by atoms with Crippen molar-refractivity contribution in [2.24, 2.45) is 11.3 Å². The molecule has 0 amide bonds. The van der Waals surface area contributed by atoms with E-state index in [1.807, 2.05) is 6.07 Å². The number of allylic oxidation sites excluding steroid dienone is 1. The molecule has 1 fully saturated rings. The Morgan fingerprint density at radius 3 is 2.65 bits per heavy atom. The van der Waals surface area contributed by atoms with Gasteiger partial charge in [0.1, 0.15) is 5.82 Å². The van der Waals surface area contributed by atoms with Gasteiger partial charge in [0, 0.05) is 0 Å². The van der Waals surface area contributed by atoms with E-state index in [1.165, 1.54) is 31.7 Å². The number of benzene rings is 1. The predicted molar refractivity (Wildman–Crippen MR) is 71.2 cm³/mol. The van der Waals surface area contributed by atoms with Crippen LogP contribution in [0.1, 0.15) is 45.1 Å². The summed E-state index contributed by atoms with van der Waals surface area (Å²) in [6, 6.07) is 6.79. The highest BCUT2D eigenvalue weighted by Gasteiger charge is 2.26. The van der Waals surface area contributed by atoms with Crippen LogP contribution in [0, 0.1) is 17.2 Å². The van der Waals surface area contributed by atoms with Crippen LogP contribution in [0.4, 0.5) is 4.39 Å². The van der Waals surface area contributed by atoms with Crippen LogP contribution < -0.4 is 0 Å². The SMILES string of the molecule is CC1CCC(C)(/C=C/c2cccc(F)c2)CC1. The molecular formula is C16H21F. The summed E-state index contributed by atoms with van der Waals surface area (Å²) in [6.45, 7) is 4.64. The molecule has 1 aromatic carbocycles. The molecule has 1 aromatic rings. The average Bonchev–Trinajstić information content (AvgIpc) is 2.31. The number of hydrogen-bond donors (Lipinski definition) is 0. The van der Waals surface area contributed by atoms with E-state index < -0.39 is 0 Å². The standard InChI is InChI=1S/C16H21F/c1-13-6-9-16(2,10-7-13)11-8-14-4-3-5-15(17)12-14/h3-5,8,11-13H,6-7,9-10H2,1-2H3/b11-8+. The summed E-state index contributed by atoms with van der Waals surface area (Å²) in [5.41, 5.74) is 1.27. The normalized spacial score (nSPS) is 29.7. The molecule has 0 bridgehead atoms. The first-order chi connectivity index (χ1) is 8.07. The van der Waals surface area contributed by atoms with Crippen molar-refractivity contribution in [3.8, 4) is 0 Å². The Bertz CT molecular complexity index is 398. The molecule has 1 aliphatic carbocycles. The van der Waals surface area contributed by atoms with Gasteiger partial charge in [-0.1, -0.05) is 38.1 Å². The molecule has 0 radical (unpaired) electrons. The highest BCUT2D eigenvalue weighted by atomic mass is 19.1. The maximum Gasteiger partial charge on any atom is 0.123 e. The smallest absolute Gasteiger partial charge is 0.123 e. The van der Waals surface area contributed by atoms with E-state index in [2.05, 4.69) is 26.0 Å². The molecular weight excluding hydrogens is 211 g/mol. The Morgan fingerprint density at radius 1 is 1.29 bits per heavy atom. The fraction of sp³-hybridized carbons (Fsp3) is 0.500. The van der Waals surface area contributed by atoms with Crippen LogP contribution in [0.15, 0.2) is 30.3 Å². The summed E-state index contributed by atoms with van der Waals surface area (Å²) < 4.78 is 13.0. The molecule has 0 saturated heterocycles. The molecule has 92 valence electrons. The minimum absolute atomic E-state index is 0.158. The molecule has 0 N–H and O–H groups in total. The first-order valence-corrected chi connectivity index (χ1v) is 6.52. The van der Waals surface area contributed by atoms with Gasteiger partial charge >= 0.3 is 0 Å². The minimum Gasteiger partial charge on any atom is -0.207 e. The van der Waals surface area contributed by atoms with Gasteiger partial charge in [0.05, 0.1) is 0 Å². The van der Waals surface area contributed by atoms with Gasteiger partial charge in [0.2, 0.25) is 0 Å². The van der Waals surface area contributed by atoms with Crippen LogP contribution >= 0.6 is 0 Å². The van der Waals surface area contributed by atoms with Crippen LogP contribution in [0.2, 0.25) is 0 Å². The van der Waals surface area contributed by atoms with Crippen molar-refractivity contribution in [3.63, 3.8) is 0 Å². The van der Waals surface area contributed by atoms with Crippen molar-refractivity contribution < 1.29 is 4.39 Å². The third-order valence-electron chi connectivity index (χ3n) is 3.94. The van der Waals surface area contributed by atoms with Gasteiger partial charge in [-0.3, -0.25) is 0 Å². The fourth-order valence-electron chi connectivity index (χ4n) is 2.50. The third kappa shape index (κ3) is 3.42. The summed E-state index contributed by atoms with van der Waals surface area (Å²) in [5, 5.41) is 0. The zero-order chi connectivity index (χ0) is 12.3. The van der Waals surface area contributed by atoms with E-state index in [9.17, 15) is 4.39 Å². The summed E-state index contributed by atoms with van der Waals surface area (Å²) >= 11 is 0. The third-order valence-corrected chi connectivity index (χ3v) is 3.94. The molecule has 2 rings (SSSR count). The molecule has 0 aliphatic heterocycles. The second-order valence-electron chi connectivity index (χ2n) is 5.72. The number of rotatable bonds is 2. The van der Waals surface area contributed by atoms with Crippen molar-refractivity contribution in [1.29, 1.82) is 0 Å². The van der Waals surface area contributed by atoms with Gasteiger partial charge in [-0.05, 0) is 54.7 Å². The first kappa shape index (κ1) is 12.3. The molecule has 1 aliphatic rings. The van der Waals surface area contributed by atoms with E-state index in [4.69, 9.17) is 0 Å². The Hall–Kier alpha value is -1.11. The topological polar surface area (TPSA) is 0 Å². The molecule has 0 nitrogen and oxygen atoms in total. The summed E-state index contributed by atoms with van der Waals surface area (Å²) in [4.78, 5) is 0.